The standard InChI is InChI=1S/C39H52Cl4N6O6/c40-13-17-47(18-14-41)31-7-3-29(4-8-31)26-35(45)38(52)55-24-22-49(20-16-43)33-11-5-30(6-12-33)27-36(46)39(53)54-23-21-48(19-15-42)32-9-1-28(2-10-32)25-34(44)37(50)51/h1-12,34-36H,13-27,44-46H2,(H,50,51)/t34-,35-,36-/m0/s1. The molecule has 0 aromatic heterocycles. The number of ether oxygens (including phenoxy) is 2. The average molecular weight is 843 g/mol. The van der Waals surface area contributed by atoms with Crippen molar-refractivity contribution in [2.24, 2.45) is 17.2 Å². The van der Waals surface area contributed by atoms with E-state index in [0.717, 1.165) is 33.8 Å². The number of carboxylic acids is 1. The molecule has 302 valence electrons. The van der Waals surface area contributed by atoms with Gasteiger partial charge in [0.2, 0.25) is 0 Å². The Morgan fingerprint density at radius 3 is 1.04 bits per heavy atom. The summed E-state index contributed by atoms with van der Waals surface area (Å²) in [6, 6.07) is 20.1. The third-order valence-corrected chi connectivity index (χ3v) is 9.50. The highest BCUT2D eigenvalue weighted by Crippen LogP contribution is 2.19. The Labute approximate surface area is 343 Å². The van der Waals surface area contributed by atoms with Gasteiger partial charge in [0.1, 0.15) is 31.3 Å². The van der Waals surface area contributed by atoms with Crippen molar-refractivity contribution in [1.82, 2.24) is 0 Å². The van der Waals surface area contributed by atoms with E-state index in [0.29, 0.717) is 69.2 Å². The smallest absolute Gasteiger partial charge is 0.323 e. The molecule has 0 fully saturated rings. The van der Waals surface area contributed by atoms with E-state index in [2.05, 4.69) is 4.90 Å². The highest BCUT2D eigenvalue weighted by Gasteiger charge is 2.19. The molecule has 0 spiro atoms. The number of anilines is 3. The molecule has 0 saturated heterocycles. The molecule has 0 unspecified atom stereocenters. The lowest BCUT2D eigenvalue weighted by atomic mass is 10.1. The van der Waals surface area contributed by atoms with Crippen LogP contribution >= 0.6 is 46.4 Å². The van der Waals surface area contributed by atoms with Crippen LogP contribution in [0.4, 0.5) is 17.1 Å². The van der Waals surface area contributed by atoms with Crippen LogP contribution in [0.5, 0.6) is 0 Å². The zero-order valence-corrected chi connectivity index (χ0v) is 33.9. The second-order valence-corrected chi connectivity index (χ2v) is 14.3. The number of rotatable bonds is 26. The Morgan fingerprint density at radius 1 is 0.491 bits per heavy atom. The maximum Gasteiger partial charge on any atom is 0.323 e. The third kappa shape index (κ3) is 15.9. The number of hydrogen-bond donors (Lipinski definition) is 4. The summed E-state index contributed by atoms with van der Waals surface area (Å²) in [5.41, 5.74) is 23.3. The van der Waals surface area contributed by atoms with Crippen LogP contribution in [0.3, 0.4) is 0 Å². The zero-order valence-electron chi connectivity index (χ0n) is 30.8. The van der Waals surface area contributed by atoms with Gasteiger partial charge < -0.3 is 46.5 Å². The summed E-state index contributed by atoms with van der Waals surface area (Å²) >= 11 is 24.0. The van der Waals surface area contributed by atoms with Crippen LogP contribution in [0.15, 0.2) is 72.8 Å². The summed E-state index contributed by atoms with van der Waals surface area (Å²) in [6.07, 6.45) is 0.825. The fourth-order valence-electron chi connectivity index (χ4n) is 5.79. The Balaban J connectivity index is 1.44. The van der Waals surface area contributed by atoms with E-state index in [1.165, 1.54) is 0 Å². The number of benzene rings is 3. The second-order valence-electron chi connectivity index (χ2n) is 12.8. The fourth-order valence-corrected chi connectivity index (χ4v) is 6.61. The highest BCUT2D eigenvalue weighted by atomic mass is 35.5. The van der Waals surface area contributed by atoms with Crippen molar-refractivity contribution >= 4 is 81.4 Å². The summed E-state index contributed by atoms with van der Waals surface area (Å²) in [5, 5.41) is 9.06. The molecule has 0 aliphatic rings. The number of nitrogens with zero attached hydrogens (tertiary/aromatic N) is 3. The van der Waals surface area contributed by atoms with Crippen LogP contribution in [-0.4, -0.2) is 117 Å². The molecule has 55 heavy (non-hydrogen) atoms. The molecule has 3 rings (SSSR count). The Morgan fingerprint density at radius 2 is 0.764 bits per heavy atom. The summed E-state index contributed by atoms with van der Waals surface area (Å²) in [6.45, 7) is 3.44. The minimum Gasteiger partial charge on any atom is -0.480 e. The van der Waals surface area contributed by atoms with Crippen molar-refractivity contribution in [3.8, 4) is 0 Å². The molecule has 0 amide bonds. The largest absolute Gasteiger partial charge is 0.480 e. The number of esters is 2. The van der Waals surface area contributed by atoms with Crippen LogP contribution < -0.4 is 31.9 Å². The van der Waals surface area contributed by atoms with Crippen LogP contribution in [-0.2, 0) is 43.1 Å². The Kier molecular flexibility index (Phi) is 20.8. The van der Waals surface area contributed by atoms with E-state index in [9.17, 15) is 14.4 Å². The maximum absolute atomic E-state index is 12.8. The molecule has 3 atom stereocenters. The van der Waals surface area contributed by atoms with Gasteiger partial charge in [-0.15, -0.1) is 46.4 Å². The van der Waals surface area contributed by atoms with Gasteiger partial charge in [-0.05, 0) is 72.4 Å². The number of aliphatic carboxylic acids is 1. The fraction of sp³-hybridized carbons (Fsp3) is 0.462. The number of carboxylic acid groups (broad SMARTS) is 1. The maximum atomic E-state index is 12.8. The summed E-state index contributed by atoms with van der Waals surface area (Å²) in [4.78, 5) is 42.6. The first kappa shape index (κ1) is 45.9. The molecular formula is C39H52Cl4N6O6. The van der Waals surface area contributed by atoms with Crippen LogP contribution in [0, 0.1) is 0 Å². The van der Waals surface area contributed by atoms with Crippen LogP contribution in [0.1, 0.15) is 16.7 Å². The van der Waals surface area contributed by atoms with E-state index in [1.807, 2.05) is 82.6 Å². The van der Waals surface area contributed by atoms with Crippen molar-refractivity contribution < 1.29 is 29.0 Å². The lowest BCUT2D eigenvalue weighted by molar-refractivity contribution is -0.145. The molecule has 0 radical (unpaired) electrons. The first-order valence-corrected chi connectivity index (χ1v) is 20.2. The summed E-state index contributed by atoms with van der Waals surface area (Å²) in [5.74, 6) is -0.362. The van der Waals surface area contributed by atoms with Crippen molar-refractivity contribution in [1.29, 1.82) is 0 Å². The van der Waals surface area contributed by atoms with Crippen molar-refractivity contribution in [2.75, 3.05) is 90.7 Å². The predicted octanol–water partition coefficient (Wildman–Crippen LogP) is 4.24. The van der Waals surface area contributed by atoms with E-state index >= 15 is 0 Å². The molecular weight excluding hydrogens is 790 g/mol. The lowest BCUT2D eigenvalue weighted by Crippen LogP contribution is -2.37. The molecule has 0 aliphatic heterocycles. The topological polar surface area (TPSA) is 178 Å². The van der Waals surface area contributed by atoms with Gasteiger partial charge in [-0.25, -0.2) is 0 Å². The van der Waals surface area contributed by atoms with Crippen LogP contribution in [0.2, 0.25) is 0 Å². The lowest BCUT2D eigenvalue weighted by Gasteiger charge is -2.25. The molecule has 16 heteroatoms. The van der Waals surface area contributed by atoms with E-state index in [4.69, 9.17) is 78.2 Å². The van der Waals surface area contributed by atoms with Gasteiger partial charge in [0, 0.05) is 66.8 Å². The number of nitrogens with two attached hydrogens (primary N) is 3. The van der Waals surface area contributed by atoms with Crippen LogP contribution in [0.25, 0.3) is 0 Å². The normalized spacial score (nSPS) is 12.7. The first-order chi connectivity index (χ1) is 26.5. The Bertz CT molecular complexity index is 1580. The molecule has 3 aromatic rings. The minimum absolute atomic E-state index is 0.105. The number of alkyl halides is 4. The first-order valence-electron chi connectivity index (χ1n) is 18.1. The highest BCUT2D eigenvalue weighted by molar-refractivity contribution is 6.19. The summed E-state index contributed by atoms with van der Waals surface area (Å²) < 4.78 is 11.0. The predicted molar refractivity (Wildman–Crippen MR) is 223 cm³/mol. The Hall–Kier alpha value is -3.49. The second kappa shape index (κ2) is 24.9. The van der Waals surface area contributed by atoms with Crippen molar-refractivity contribution in [3.63, 3.8) is 0 Å². The number of carbonyl (C=O) groups excluding carboxylic acids is 2. The molecule has 0 bridgehead atoms. The van der Waals surface area contributed by atoms with Crippen molar-refractivity contribution in [2.45, 2.75) is 37.4 Å². The molecule has 3 aromatic carbocycles. The van der Waals surface area contributed by atoms with Gasteiger partial charge in [-0.3, -0.25) is 14.4 Å². The third-order valence-electron chi connectivity index (χ3n) is 8.82. The van der Waals surface area contributed by atoms with Gasteiger partial charge in [0.05, 0.1) is 13.1 Å². The van der Waals surface area contributed by atoms with E-state index < -0.39 is 36.0 Å². The average Bonchev–Trinajstić information content (AvgIpc) is 3.18. The molecule has 0 heterocycles. The van der Waals surface area contributed by atoms with Gasteiger partial charge in [0.25, 0.3) is 0 Å². The van der Waals surface area contributed by atoms with E-state index in [-0.39, 0.29) is 26.1 Å². The monoisotopic (exact) mass is 840 g/mol. The molecule has 7 N–H and O–H groups in total. The number of carbonyl (C=O) groups is 3. The minimum atomic E-state index is -1.06. The van der Waals surface area contributed by atoms with Gasteiger partial charge >= 0.3 is 17.9 Å². The SMILES string of the molecule is N[C@@H](Cc1ccc(N(CCCl)CCOC(=O)[C@@H](N)Cc2ccc(N(CCCl)CCOC(=O)[C@@H](N)Cc3ccc(N(CCCl)CCCl)cc3)cc2)cc1)C(=O)O. The van der Waals surface area contributed by atoms with Gasteiger partial charge in [-0.2, -0.15) is 0 Å². The molecule has 0 aliphatic carbocycles. The quantitative estimate of drug-likeness (QED) is 0.0669. The van der Waals surface area contributed by atoms with E-state index in [1.54, 1.807) is 0 Å². The van der Waals surface area contributed by atoms with Crippen molar-refractivity contribution in [3.05, 3.63) is 89.5 Å². The zero-order chi connectivity index (χ0) is 40.2. The van der Waals surface area contributed by atoms with Gasteiger partial charge in [0.15, 0.2) is 0 Å². The molecule has 0 saturated carbocycles. The molecule has 12 nitrogen and oxygen atoms in total. The van der Waals surface area contributed by atoms with Gasteiger partial charge in [-0.1, -0.05) is 36.4 Å². The summed E-state index contributed by atoms with van der Waals surface area (Å²) in [7, 11) is 0. The number of hydrogen-bond acceptors (Lipinski definition) is 11. The number of halogens is 4.